The van der Waals surface area contributed by atoms with E-state index in [1.807, 2.05) is 25.1 Å². The maximum Gasteiger partial charge on any atom is 0.261 e. The molecule has 0 N–H and O–H groups in total. The number of carbonyl (C=O) groups excluding carboxylic acids is 1. The molecule has 0 spiro atoms. The van der Waals surface area contributed by atoms with E-state index in [0.717, 1.165) is 5.56 Å². The summed E-state index contributed by atoms with van der Waals surface area (Å²) in [5, 5.41) is 0.671. The van der Waals surface area contributed by atoms with Gasteiger partial charge >= 0.3 is 0 Å². The molecule has 1 amide bonds. The Bertz CT molecular complexity index is 449. The summed E-state index contributed by atoms with van der Waals surface area (Å²) in [7, 11) is 0. The van der Waals surface area contributed by atoms with Crippen molar-refractivity contribution < 1.29 is 9.53 Å². The van der Waals surface area contributed by atoms with Gasteiger partial charge in [-0.05, 0) is 30.7 Å². The van der Waals surface area contributed by atoms with Crippen molar-refractivity contribution in [1.29, 1.82) is 0 Å². The van der Waals surface area contributed by atoms with Crippen LogP contribution in [0.25, 0.3) is 0 Å². The van der Waals surface area contributed by atoms with Crippen LogP contribution in [-0.4, -0.2) is 30.5 Å². The molecule has 1 aromatic carbocycles. The SMILES string of the molecule is Cc1cc(Cl)ccc1OCC(=O)N1CC=CC1. The van der Waals surface area contributed by atoms with Gasteiger partial charge in [-0.25, -0.2) is 0 Å². The van der Waals surface area contributed by atoms with Crippen LogP contribution in [0.4, 0.5) is 0 Å². The van der Waals surface area contributed by atoms with Crippen molar-refractivity contribution >= 4 is 17.5 Å². The van der Waals surface area contributed by atoms with Crippen LogP contribution >= 0.6 is 11.6 Å². The van der Waals surface area contributed by atoms with E-state index in [9.17, 15) is 4.79 Å². The number of rotatable bonds is 3. The van der Waals surface area contributed by atoms with Gasteiger partial charge in [0.1, 0.15) is 5.75 Å². The zero-order chi connectivity index (χ0) is 12.3. The van der Waals surface area contributed by atoms with E-state index in [4.69, 9.17) is 16.3 Å². The molecule has 0 fully saturated rings. The van der Waals surface area contributed by atoms with Gasteiger partial charge in [0.05, 0.1) is 0 Å². The summed E-state index contributed by atoms with van der Waals surface area (Å²) >= 11 is 5.84. The van der Waals surface area contributed by atoms with Crippen LogP contribution in [0.3, 0.4) is 0 Å². The third kappa shape index (κ3) is 3.01. The van der Waals surface area contributed by atoms with Gasteiger partial charge in [-0.2, -0.15) is 0 Å². The molecule has 0 bridgehead atoms. The van der Waals surface area contributed by atoms with Crippen LogP contribution in [0.15, 0.2) is 30.4 Å². The fraction of sp³-hybridized carbons (Fsp3) is 0.308. The first kappa shape index (κ1) is 12.0. The molecule has 0 aliphatic carbocycles. The lowest BCUT2D eigenvalue weighted by Gasteiger charge is -2.16. The lowest BCUT2D eigenvalue weighted by molar-refractivity contribution is -0.132. The summed E-state index contributed by atoms with van der Waals surface area (Å²) in [5.41, 5.74) is 0.935. The summed E-state index contributed by atoms with van der Waals surface area (Å²) in [6.07, 6.45) is 3.96. The highest BCUT2D eigenvalue weighted by Gasteiger charge is 2.14. The van der Waals surface area contributed by atoms with E-state index < -0.39 is 0 Å². The molecule has 1 aliphatic heterocycles. The molecule has 1 aromatic rings. The Morgan fingerprint density at radius 1 is 1.41 bits per heavy atom. The van der Waals surface area contributed by atoms with E-state index in [2.05, 4.69) is 0 Å². The molecule has 0 radical (unpaired) electrons. The van der Waals surface area contributed by atoms with Gasteiger partial charge in [0, 0.05) is 18.1 Å². The summed E-state index contributed by atoms with van der Waals surface area (Å²) in [6, 6.07) is 5.36. The molecular weight excluding hydrogens is 238 g/mol. The Labute approximate surface area is 106 Å². The fourth-order valence-electron chi connectivity index (χ4n) is 1.69. The van der Waals surface area contributed by atoms with Crippen LogP contribution in [0, 0.1) is 6.92 Å². The number of benzene rings is 1. The van der Waals surface area contributed by atoms with E-state index in [0.29, 0.717) is 23.9 Å². The summed E-state index contributed by atoms with van der Waals surface area (Å²) < 4.78 is 5.49. The third-order valence-corrected chi connectivity index (χ3v) is 2.89. The predicted molar refractivity (Wildman–Crippen MR) is 67.4 cm³/mol. The molecule has 0 unspecified atom stereocenters. The summed E-state index contributed by atoms with van der Waals surface area (Å²) in [4.78, 5) is 13.5. The zero-order valence-corrected chi connectivity index (χ0v) is 10.4. The van der Waals surface area contributed by atoms with E-state index in [1.165, 1.54) is 0 Å². The number of nitrogens with zero attached hydrogens (tertiary/aromatic N) is 1. The normalized spacial score (nSPS) is 14.1. The third-order valence-electron chi connectivity index (χ3n) is 2.66. The first-order valence-electron chi connectivity index (χ1n) is 5.48. The molecule has 3 nitrogen and oxygen atoms in total. The number of ether oxygens (including phenoxy) is 1. The smallest absolute Gasteiger partial charge is 0.261 e. The number of carbonyl (C=O) groups is 1. The molecule has 90 valence electrons. The molecule has 17 heavy (non-hydrogen) atoms. The highest BCUT2D eigenvalue weighted by Crippen LogP contribution is 2.21. The van der Waals surface area contributed by atoms with Gasteiger partial charge in [0.25, 0.3) is 5.91 Å². The van der Waals surface area contributed by atoms with Crippen LogP contribution < -0.4 is 4.74 Å². The average Bonchev–Trinajstić information content (AvgIpc) is 2.81. The van der Waals surface area contributed by atoms with Crippen molar-refractivity contribution in [2.45, 2.75) is 6.92 Å². The van der Waals surface area contributed by atoms with Crippen molar-refractivity contribution in [3.05, 3.63) is 40.9 Å². The van der Waals surface area contributed by atoms with Crippen molar-refractivity contribution in [2.75, 3.05) is 19.7 Å². The van der Waals surface area contributed by atoms with Gasteiger partial charge in [0.2, 0.25) is 0 Å². The van der Waals surface area contributed by atoms with Gasteiger partial charge in [-0.1, -0.05) is 23.8 Å². The maximum absolute atomic E-state index is 11.7. The Hall–Kier alpha value is -1.48. The molecular formula is C13H14ClNO2. The number of hydrogen-bond donors (Lipinski definition) is 0. The Kier molecular flexibility index (Phi) is 3.69. The maximum atomic E-state index is 11.7. The van der Waals surface area contributed by atoms with E-state index in [-0.39, 0.29) is 12.5 Å². The Morgan fingerprint density at radius 2 is 2.12 bits per heavy atom. The summed E-state index contributed by atoms with van der Waals surface area (Å²) in [6.45, 7) is 3.34. The van der Waals surface area contributed by atoms with Crippen molar-refractivity contribution in [3.8, 4) is 5.75 Å². The van der Waals surface area contributed by atoms with E-state index >= 15 is 0 Å². The van der Waals surface area contributed by atoms with Gasteiger partial charge in [-0.15, -0.1) is 0 Å². The number of amides is 1. The largest absolute Gasteiger partial charge is 0.483 e. The summed E-state index contributed by atoms with van der Waals surface area (Å²) in [5.74, 6) is 0.708. The van der Waals surface area contributed by atoms with Crippen molar-refractivity contribution in [3.63, 3.8) is 0 Å². The minimum absolute atomic E-state index is 0.00403. The molecule has 0 atom stereocenters. The van der Waals surface area contributed by atoms with Gasteiger partial charge in [0.15, 0.2) is 6.61 Å². The van der Waals surface area contributed by atoms with E-state index in [1.54, 1.807) is 17.0 Å². The highest BCUT2D eigenvalue weighted by molar-refractivity contribution is 6.30. The molecule has 0 saturated carbocycles. The molecule has 4 heteroatoms. The lowest BCUT2D eigenvalue weighted by atomic mass is 10.2. The first-order valence-corrected chi connectivity index (χ1v) is 5.86. The Balaban J connectivity index is 1.91. The second kappa shape index (κ2) is 5.23. The molecule has 1 aliphatic rings. The van der Waals surface area contributed by atoms with Crippen molar-refractivity contribution in [2.24, 2.45) is 0 Å². The molecule has 2 rings (SSSR count). The first-order chi connectivity index (χ1) is 8.16. The second-order valence-corrected chi connectivity index (χ2v) is 4.41. The lowest BCUT2D eigenvalue weighted by Crippen LogP contribution is -2.32. The number of aryl methyl sites for hydroxylation is 1. The molecule has 0 aromatic heterocycles. The molecule has 1 heterocycles. The zero-order valence-electron chi connectivity index (χ0n) is 9.65. The van der Waals surface area contributed by atoms with Crippen LogP contribution in [0.5, 0.6) is 5.75 Å². The molecule has 0 saturated heterocycles. The number of halogens is 1. The minimum atomic E-state index is 0.00403. The minimum Gasteiger partial charge on any atom is -0.483 e. The highest BCUT2D eigenvalue weighted by atomic mass is 35.5. The van der Waals surface area contributed by atoms with Crippen LogP contribution in [0.2, 0.25) is 5.02 Å². The standard InChI is InChI=1S/C13H14ClNO2/c1-10-8-11(14)4-5-12(10)17-9-13(16)15-6-2-3-7-15/h2-5,8H,6-7,9H2,1H3. The fourth-order valence-corrected chi connectivity index (χ4v) is 1.91. The van der Waals surface area contributed by atoms with Crippen LogP contribution in [-0.2, 0) is 4.79 Å². The average molecular weight is 252 g/mol. The predicted octanol–water partition coefficient (Wildman–Crippen LogP) is 2.43. The quantitative estimate of drug-likeness (QED) is 0.773. The van der Waals surface area contributed by atoms with Crippen LogP contribution in [0.1, 0.15) is 5.56 Å². The topological polar surface area (TPSA) is 29.5 Å². The van der Waals surface area contributed by atoms with Gasteiger partial charge < -0.3 is 9.64 Å². The Morgan fingerprint density at radius 3 is 2.76 bits per heavy atom. The monoisotopic (exact) mass is 251 g/mol. The second-order valence-electron chi connectivity index (χ2n) is 3.97. The number of hydrogen-bond acceptors (Lipinski definition) is 2. The van der Waals surface area contributed by atoms with Gasteiger partial charge in [-0.3, -0.25) is 4.79 Å². The van der Waals surface area contributed by atoms with Crippen molar-refractivity contribution in [1.82, 2.24) is 4.90 Å².